The van der Waals surface area contributed by atoms with Crippen LogP contribution in [0.4, 0.5) is 13.2 Å². The fourth-order valence-corrected chi connectivity index (χ4v) is 2.71. The minimum Gasteiger partial charge on any atom is -0.491 e. The highest BCUT2D eigenvalue weighted by atomic mass is 19.1. The van der Waals surface area contributed by atoms with Crippen LogP contribution in [0.15, 0.2) is 36.9 Å². The summed E-state index contributed by atoms with van der Waals surface area (Å²) >= 11 is 0. The van der Waals surface area contributed by atoms with E-state index in [1.807, 2.05) is 0 Å². The summed E-state index contributed by atoms with van der Waals surface area (Å²) in [6, 6.07) is 2.25. The molecule has 0 bridgehead atoms. The van der Waals surface area contributed by atoms with Gasteiger partial charge in [-0.2, -0.15) is 9.37 Å². The number of nitrogens with zero attached hydrogens (tertiary/aromatic N) is 5. The van der Waals surface area contributed by atoms with Gasteiger partial charge in [-0.15, -0.1) is 0 Å². The summed E-state index contributed by atoms with van der Waals surface area (Å²) in [5, 5.41) is 9.47. The molecule has 0 amide bonds. The van der Waals surface area contributed by atoms with Crippen molar-refractivity contribution >= 4 is 5.65 Å². The maximum atomic E-state index is 14.2. The molecule has 0 aliphatic heterocycles. The molecule has 0 unspecified atom stereocenters. The van der Waals surface area contributed by atoms with Gasteiger partial charge in [0.05, 0.1) is 11.9 Å². The number of halogens is 3. The molecule has 0 saturated carbocycles. The molecule has 0 atom stereocenters. The van der Waals surface area contributed by atoms with E-state index in [2.05, 4.69) is 19.9 Å². The summed E-state index contributed by atoms with van der Waals surface area (Å²) in [6.45, 7) is 1.48. The van der Waals surface area contributed by atoms with Gasteiger partial charge in [-0.05, 0) is 30.2 Å². The van der Waals surface area contributed by atoms with Crippen molar-refractivity contribution in [1.82, 2.24) is 24.3 Å². The summed E-state index contributed by atoms with van der Waals surface area (Å²) < 4.78 is 42.9. The number of imidazole rings is 1. The predicted octanol–water partition coefficient (Wildman–Crippen LogP) is 3.21. The third-order valence-corrected chi connectivity index (χ3v) is 4.08. The number of aryl methyl sites for hydroxylation is 1. The molecule has 1 N–H and O–H groups in total. The van der Waals surface area contributed by atoms with Gasteiger partial charge < -0.3 is 9.51 Å². The molecular weight excluding hydrogens is 359 g/mol. The first-order valence-corrected chi connectivity index (χ1v) is 7.91. The lowest BCUT2D eigenvalue weighted by Crippen LogP contribution is -2.04. The smallest absolute Gasteiger partial charge is 0.251 e. The average Bonchev–Trinajstić information content (AvgIpc) is 3.11. The average molecular weight is 371 g/mol. The van der Waals surface area contributed by atoms with Crippen LogP contribution in [0, 0.1) is 24.4 Å². The van der Waals surface area contributed by atoms with E-state index in [0.717, 1.165) is 18.3 Å². The quantitative estimate of drug-likeness (QED) is 0.599. The Morgan fingerprint density at radius 3 is 2.63 bits per heavy atom. The molecule has 0 saturated heterocycles. The van der Waals surface area contributed by atoms with E-state index in [0.29, 0.717) is 11.3 Å². The zero-order chi connectivity index (χ0) is 19.1. The van der Waals surface area contributed by atoms with Crippen LogP contribution in [-0.2, 0) is 6.42 Å². The maximum Gasteiger partial charge on any atom is 0.251 e. The summed E-state index contributed by atoms with van der Waals surface area (Å²) in [5.41, 5.74) is 1.35. The van der Waals surface area contributed by atoms with Crippen LogP contribution in [0.2, 0.25) is 0 Å². The standard InChI is InChI=1S/C18H12F3N5O/c1-9-4-12(20)10(5-11(9)19)6-14-17-22-2-3-26(17)8-15(24-14)16-23-7-13(21)18(27)25-16/h2-5,7-8H,6H2,1H3,(H,23,25,27). The van der Waals surface area contributed by atoms with E-state index in [1.165, 1.54) is 13.1 Å². The molecule has 6 nitrogen and oxygen atoms in total. The van der Waals surface area contributed by atoms with Crippen molar-refractivity contribution in [3.8, 4) is 17.4 Å². The van der Waals surface area contributed by atoms with E-state index < -0.39 is 23.3 Å². The topological polar surface area (TPSA) is 76.2 Å². The van der Waals surface area contributed by atoms with E-state index in [9.17, 15) is 18.3 Å². The van der Waals surface area contributed by atoms with Gasteiger partial charge in [-0.25, -0.2) is 23.7 Å². The largest absolute Gasteiger partial charge is 0.491 e. The number of aromatic nitrogens is 5. The third-order valence-electron chi connectivity index (χ3n) is 4.08. The van der Waals surface area contributed by atoms with Gasteiger partial charge in [0.15, 0.2) is 11.5 Å². The van der Waals surface area contributed by atoms with Gasteiger partial charge in [0.1, 0.15) is 17.3 Å². The fourth-order valence-electron chi connectivity index (χ4n) is 2.71. The first kappa shape index (κ1) is 17.0. The van der Waals surface area contributed by atoms with Crippen LogP contribution in [0.3, 0.4) is 0 Å². The summed E-state index contributed by atoms with van der Waals surface area (Å²) in [4.78, 5) is 16.0. The number of hydrogen-bond donors (Lipinski definition) is 1. The second-order valence-corrected chi connectivity index (χ2v) is 5.97. The predicted molar refractivity (Wildman–Crippen MR) is 89.5 cm³/mol. The van der Waals surface area contributed by atoms with Crippen LogP contribution < -0.4 is 0 Å². The number of rotatable bonds is 3. The Labute approximate surface area is 151 Å². The Morgan fingerprint density at radius 2 is 1.85 bits per heavy atom. The molecule has 3 heterocycles. The van der Waals surface area contributed by atoms with Crippen LogP contribution in [0.1, 0.15) is 16.8 Å². The zero-order valence-corrected chi connectivity index (χ0v) is 14.0. The molecule has 4 rings (SSSR count). The van der Waals surface area contributed by atoms with Crippen molar-refractivity contribution in [2.75, 3.05) is 0 Å². The highest BCUT2D eigenvalue weighted by Gasteiger charge is 2.16. The summed E-state index contributed by atoms with van der Waals surface area (Å²) in [6.07, 6.45) is 5.51. The Hall–Kier alpha value is -3.49. The molecule has 9 heteroatoms. The summed E-state index contributed by atoms with van der Waals surface area (Å²) in [5.74, 6) is -2.85. The number of fused-ring (bicyclic) bond motifs is 1. The van der Waals surface area contributed by atoms with E-state index >= 15 is 0 Å². The second kappa shape index (κ2) is 6.35. The van der Waals surface area contributed by atoms with Crippen LogP contribution in [0.5, 0.6) is 5.88 Å². The maximum absolute atomic E-state index is 14.2. The highest BCUT2D eigenvalue weighted by molar-refractivity contribution is 5.55. The fraction of sp³-hybridized carbons (Fsp3) is 0.111. The van der Waals surface area contributed by atoms with Crippen LogP contribution >= 0.6 is 0 Å². The SMILES string of the molecule is Cc1cc(F)c(Cc2nc(-c3ncc(F)c(O)n3)cn3ccnc23)cc1F. The Balaban J connectivity index is 1.84. The van der Waals surface area contributed by atoms with E-state index in [-0.39, 0.29) is 29.1 Å². The molecule has 3 aromatic heterocycles. The molecule has 0 aliphatic rings. The van der Waals surface area contributed by atoms with Crippen molar-refractivity contribution in [1.29, 1.82) is 0 Å². The second-order valence-electron chi connectivity index (χ2n) is 5.97. The lowest BCUT2D eigenvalue weighted by atomic mass is 10.1. The first-order chi connectivity index (χ1) is 12.9. The van der Waals surface area contributed by atoms with E-state index in [1.54, 1.807) is 16.8 Å². The van der Waals surface area contributed by atoms with Gasteiger partial charge in [0.2, 0.25) is 5.82 Å². The van der Waals surface area contributed by atoms with Gasteiger partial charge in [-0.1, -0.05) is 0 Å². The molecule has 136 valence electrons. The van der Waals surface area contributed by atoms with Crippen molar-refractivity contribution < 1.29 is 18.3 Å². The van der Waals surface area contributed by atoms with Gasteiger partial charge >= 0.3 is 0 Å². The molecule has 4 aromatic rings. The molecule has 0 fully saturated rings. The van der Waals surface area contributed by atoms with Crippen molar-refractivity contribution in [3.05, 3.63) is 71.2 Å². The van der Waals surface area contributed by atoms with Crippen LogP contribution in [0.25, 0.3) is 17.2 Å². The highest BCUT2D eigenvalue weighted by Crippen LogP contribution is 2.23. The molecule has 0 radical (unpaired) electrons. The van der Waals surface area contributed by atoms with Gasteiger partial charge in [-0.3, -0.25) is 0 Å². The lowest BCUT2D eigenvalue weighted by molar-refractivity contribution is 0.409. The number of hydrogen-bond acceptors (Lipinski definition) is 5. The minimum atomic E-state index is -0.958. The first-order valence-electron chi connectivity index (χ1n) is 7.91. The van der Waals surface area contributed by atoms with Gasteiger partial charge in [0.25, 0.3) is 5.88 Å². The summed E-state index contributed by atoms with van der Waals surface area (Å²) in [7, 11) is 0. The normalized spacial score (nSPS) is 11.3. The van der Waals surface area contributed by atoms with Crippen molar-refractivity contribution in [3.63, 3.8) is 0 Å². The Kier molecular flexibility index (Phi) is 3.98. The molecule has 0 spiro atoms. The molecule has 27 heavy (non-hydrogen) atoms. The van der Waals surface area contributed by atoms with Gasteiger partial charge in [0, 0.05) is 25.0 Å². The monoisotopic (exact) mass is 371 g/mol. The van der Waals surface area contributed by atoms with Crippen molar-refractivity contribution in [2.45, 2.75) is 13.3 Å². The Bertz CT molecular complexity index is 1180. The molecule has 0 aliphatic carbocycles. The number of aromatic hydroxyl groups is 1. The van der Waals surface area contributed by atoms with E-state index in [4.69, 9.17) is 0 Å². The minimum absolute atomic E-state index is 0.0127. The third kappa shape index (κ3) is 3.07. The van der Waals surface area contributed by atoms with Crippen LogP contribution in [-0.4, -0.2) is 29.4 Å². The number of benzene rings is 1. The Morgan fingerprint density at radius 1 is 1.04 bits per heavy atom. The molecule has 1 aromatic carbocycles. The van der Waals surface area contributed by atoms with Crippen molar-refractivity contribution in [2.24, 2.45) is 0 Å². The molecular formula is C18H12F3N5O. The lowest BCUT2D eigenvalue weighted by Gasteiger charge is -2.09. The zero-order valence-electron chi connectivity index (χ0n) is 14.0.